The van der Waals surface area contributed by atoms with Crippen molar-refractivity contribution in [2.45, 2.75) is 30.8 Å². The number of H-pyrrole nitrogens is 1. The van der Waals surface area contributed by atoms with Crippen molar-refractivity contribution in [2.24, 2.45) is 0 Å². The van der Waals surface area contributed by atoms with Crippen LogP contribution in [0.15, 0.2) is 34.2 Å². The quantitative estimate of drug-likeness (QED) is 0.434. The Labute approximate surface area is 151 Å². The number of anilines is 1. The summed E-state index contributed by atoms with van der Waals surface area (Å²) >= 11 is 3.72. The molecule has 0 radical (unpaired) electrons. The molecule has 1 aromatic heterocycles. The molecule has 0 saturated heterocycles. The summed E-state index contributed by atoms with van der Waals surface area (Å²) in [6.45, 7) is 2.07. The van der Waals surface area contributed by atoms with Crippen molar-refractivity contribution < 1.29 is 4.79 Å². The molecule has 2 heterocycles. The van der Waals surface area contributed by atoms with Crippen molar-refractivity contribution in [3.63, 3.8) is 0 Å². The monoisotopic (exact) mass is 441 g/mol. The highest BCUT2D eigenvalue weighted by atomic mass is 127. The van der Waals surface area contributed by atoms with E-state index in [2.05, 4.69) is 44.8 Å². The molecule has 0 spiro atoms. The van der Waals surface area contributed by atoms with Gasteiger partial charge in [-0.3, -0.25) is 9.59 Å². The van der Waals surface area contributed by atoms with E-state index in [1.807, 2.05) is 24.3 Å². The molecule has 0 aliphatic carbocycles. The second-order valence-corrected chi connectivity index (χ2v) is 7.67. The molecule has 1 amide bonds. The van der Waals surface area contributed by atoms with E-state index in [1.54, 1.807) is 0 Å². The van der Waals surface area contributed by atoms with E-state index in [9.17, 15) is 9.59 Å². The molecule has 1 aliphatic heterocycles. The fourth-order valence-corrected chi connectivity index (χ4v) is 3.68. The summed E-state index contributed by atoms with van der Waals surface area (Å²) in [4.78, 5) is 31.9. The third kappa shape index (κ3) is 3.60. The smallest absolute Gasteiger partial charge is 0.257 e. The first kappa shape index (κ1) is 16.5. The number of aromatic nitrogens is 2. The normalized spacial score (nSPS) is 16.8. The van der Waals surface area contributed by atoms with Gasteiger partial charge in [-0.15, -0.1) is 0 Å². The van der Waals surface area contributed by atoms with Gasteiger partial charge in [0.2, 0.25) is 5.91 Å². The first-order valence-corrected chi connectivity index (χ1v) is 9.47. The Morgan fingerprint density at radius 3 is 2.74 bits per heavy atom. The van der Waals surface area contributed by atoms with Gasteiger partial charge in [-0.2, -0.15) is 0 Å². The van der Waals surface area contributed by atoms with Crippen LogP contribution in [0.2, 0.25) is 0 Å². The Kier molecular flexibility index (Phi) is 5.05. The molecule has 1 aliphatic rings. The molecule has 0 saturated carbocycles. The molecule has 1 aromatic carbocycles. The molecule has 0 fully saturated rings. The van der Waals surface area contributed by atoms with Crippen molar-refractivity contribution in [1.29, 1.82) is 0 Å². The van der Waals surface area contributed by atoms with Crippen molar-refractivity contribution in [1.82, 2.24) is 9.97 Å². The second kappa shape index (κ2) is 7.04. The molecule has 23 heavy (non-hydrogen) atoms. The molecule has 5 nitrogen and oxygen atoms in total. The summed E-state index contributed by atoms with van der Waals surface area (Å²) in [6.07, 6.45) is 1.25. The lowest BCUT2D eigenvalue weighted by molar-refractivity contribution is -0.116. The highest BCUT2D eigenvalue weighted by molar-refractivity contribution is 14.1. The number of hydrogen-bond donors (Lipinski definition) is 2. The Morgan fingerprint density at radius 2 is 2.04 bits per heavy atom. The third-order valence-electron chi connectivity index (χ3n) is 3.64. The minimum Gasteiger partial charge on any atom is -0.310 e. The molecule has 1 unspecified atom stereocenters. The third-order valence-corrected chi connectivity index (χ3v) is 5.44. The average Bonchev–Trinajstić information content (AvgIpc) is 2.52. The zero-order chi connectivity index (χ0) is 16.4. The van der Waals surface area contributed by atoms with Crippen LogP contribution in [0, 0.1) is 3.57 Å². The van der Waals surface area contributed by atoms with Crippen molar-refractivity contribution >= 4 is 46.1 Å². The molecule has 120 valence electrons. The van der Waals surface area contributed by atoms with Crippen LogP contribution in [-0.4, -0.2) is 21.6 Å². The number of thioether (sulfide) groups is 1. The fraction of sp³-hybridized carbons (Fsp3) is 0.312. The highest BCUT2D eigenvalue weighted by Gasteiger charge is 2.30. The number of hydrogen-bond acceptors (Lipinski definition) is 4. The molecule has 2 N–H and O–H groups in total. The molecule has 0 bridgehead atoms. The number of halogens is 1. The summed E-state index contributed by atoms with van der Waals surface area (Å²) in [7, 11) is 0. The van der Waals surface area contributed by atoms with Crippen molar-refractivity contribution in [2.75, 3.05) is 11.1 Å². The molecular weight excluding hydrogens is 425 g/mol. The van der Waals surface area contributed by atoms with E-state index in [4.69, 9.17) is 0 Å². The van der Waals surface area contributed by atoms with Gasteiger partial charge < -0.3 is 10.3 Å². The topological polar surface area (TPSA) is 74.8 Å². The lowest BCUT2D eigenvalue weighted by Crippen LogP contribution is -2.31. The zero-order valence-electron chi connectivity index (χ0n) is 12.6. The van der Waals surface area contributed by atoms with E-state index < -0.39 is 0 Å². The number of benzene rings is 1. The standard InChI is InChI=1S/C16H16IN3O2S/c1-2-7-23-16-19-14-13(15(22)20-16)11(8-12(21)18-14)9-3-5-10(17)6-4-9/h3-6,11H,2,7-8H2,1H3,(H2,18,19,20,21,22). The van der Waals surface area contributed by atoms with Gasteiger partial charge in [-0.25, -0.2) is 4.98 Å². The lowest BCUT2D eigenvalue weighted by atomic mass is 9.87. The summed E-state index contributed by atoms with van der Waals surface area (Å²) in [5, 5.41) is 3.30. The van der Waals surface area contributed by atoms with E-state index >= 15 is 0 Å². The lowest BCUT2D eigenvalue weighted by Gasteiger charge is -2.24. The molecule has 7 heteroatoms. The Hall–Kier alpha value is -1.35. The minimum atomic E-state index is -0.253. The van der Waals surface area contributed by atoms with Crippen molar-refractivity contribution in [3.8, 4) is 0 Å². The van der Waals surface area contributed by atoms with Crippen LogP contribution in [-0.2, 0) is 4.79 Å². The predicted molar refractivity (Wildman–Crippen MR) is 100 cm³/mol. The van der Waals surface area contributed by atoms with Gasteiger partial charge in [0.15, 0.2) is 5.16 Å². The summed E-state index contributed by atoms with van der Waals surface area (Å²) in [6, 6.07) is 7.90. The zero-order valence-corrected chi connectivity index (χ0v) is 15.5. The van der Waals surface area contributed by atoms with E-state index in [1.165, 1.54) is 11.8 Å². The predicted octanol–water partition coefficient (Wildman–Crippen LogP) is 3.35. The summed E-state index contributed by atoms with van der Waals surface area (Å²) in [5.41, 5.74) is 1.34. The highest BCUT2D eigenvalue weighted by Crippen LogP contribution is 2.34. The van der Waals surface area contributed by atoms with Gasteiger partial charge in [0.05, 0.1) is 5.56 Å². The SMILES string of the molecule is CCCSc1nc2c(c(=O)[nH]1)C(c1ccc(I)cc1)CC(=O)N2. The summed E-state index contributed by atoms with van der Waals surface area (Å²) in [5.74, 6) is 0.908. The average molecular weight is 441 g/mol. The number of fused-ring (bicyclic) bond motifs is 1. The van der Waals surface area contributed by atoms with E-state index in [0.717, 1.165) is 21.3 Å². The number of aromatic amines is 1. The second-order valence-electron chi connectivity index (χ2n) is 5.34. The number of nitrogens with zero attached hydrogens (tertiary/aromatic N) is 1. The van der Waals surface area contributed by atoms with Gasteiger partial charge in [-0.1, -0.05) is 30.8 Å². The maximum Gasteiger partial charge on any atom is 0.257 e. The van der Waals surface area contributed by atoms with Gasteiger partial charge in [-0.05, 0) is 46.7 Å². The summed E-state index contributed by atoms with van der Waals surface area (Å²) < 4.78 is 1.12. The van der Waals surface area contributed by atoms with Crippen LogP contribution in [0.5, 0.6) is 0 Å². The van der Waals surface area contributed by atoms with Crippen LogP contribution in [0.25, 0.3) is 0 Å². The Morgan fingerprint density at radius 1 is 1.30 bits per heavy atom. The molecule has 3 rings (SSSR count). The number of amides is 1. The minimum absolute atomic E-state index is 0.106. The van der Waals surface area contributed by atoms with Crippen molar-refractivity contribution in [3.05, 3.63) is 49.3 Å². The van der Waals surface area contributed by atoms with Crippen LogP contribution in [0.4, 0.5) is 5.82 Å². The Balaban J connectivity index is 2.05. The maximum absolute atomic E-state index is 12.5. The fourth-order valence-electron chi connectivity index (χ4n) is 2.60. The maximum atomic E-state index is 12.5. The first-order valence-electron chi connectivity index (χ1n) is 7.40. The number of carbonyl (C=O) groups excluding carboxylic acids is 1. The van der Waals surface area contributed by atoms with Crippen LogP contribution < -0.4 is 10.9 Å². The van der Waals surface area contributed by atoms with Gasteiger partial charge in [0.25, 0.3) is 5.56 Å². The van der Waals surface area contributed by atoms with Crippen LogP contribution >= 0.6 is 34.4 Å². The largest absolute Gasteiger partial charge is 0.310 e. The number of rotatable bonds is 4. The van der Waals surface area contributed by atoms with E-state index in [-0.39, 0.29) is 23.8 Å². The Bertz CT molecular complexity index is 789. The van der Waals surface area contributed by atoms with Gasteiger partial charge in [0.1, 0.15) is 5.82 Å². The van der Waals surface area contributed by atoms with Gasteiger partial charge in [0, 0.05) is 21.7 Å². The first-order chi connectivity index (χ1) is 11.1. The molecule has 1 atom stereocenters. The number of nitrogens with one attached hydrogen (secondary N) is 2. The van der Waals surface area contributed by atoms with Crippen LogP contribution in [0.3, 0.4) is 0 Å². The van der Waals surface area contributed by atoms with Gasteiger partial charge >= 0.3 is 0 Å². The number of carbonyl (C=O) groups is 1. The molecule has 2 aromatic rings. The molecular formula is C16H16IN3O2S. The van der Waals surface area contributed by atoms with E-state index in [0.29, 0.717) is 16.5 Å². The van der Waals surface area contributed by atoms with Crippen LogP contribution in [0.1, 0.15) is 36.8 Å².